The van der Waals surface area contributed by atoms with Gasteiger partial charge in [0.15, 0.2) is 5.82 Å². The van der Waals surface area contributed by atoms with E-state index in [9.17, 15) is 4.79 Å². The molecule has 5 nitrogen and oxygen atoms in total. The first-order chi connectivity index (χ1) is 6.70. The summed E-state index contributed by atoms with van der Waals surface area (Å²) in [4.78, 5) is 17.6. The lowest BCUT2D eigenvalue weighted by atomic mass is 10.4. The second-order valence-corrected chi connectivity index (χ2v) is 3.04. The molecule has 0 aliphatic rings. The summed E-state index contributed by atoms with van der Waals surface area (Å²) in [5.41, 5.74) is 5.37. The molecule has 1 heterocycles. The zero-order chi connectivity index (χ0) is 10.6. The lowest BCUT2D eigenvalue weighted by Gasteiger charge is -2.20. The molecular formula is C9H16N4O. The normalized spacial score (nSPS) is 10.2. The molecule has 5 heteroatoms. The Morgan fingerprint density at radius 2 is 2.36 bits per heavy atom. The van der Waals surface area contributed by atoms with Gasteiger partial charge in [0, 0.05) is 39.1 Å². The predicted octanol–water partition coefficient (Wildman–Crippen LogP) is -0.435. The monoisotopic (exact) mass is 196 g/mol. The number of rotatable bonds is 4. The van der Waals surface area contributed by atoms with E-state index in [2.05, 4.69) is 4.98 Å². The Morgan fingerprint density at radius 1 is 1.64 bits per heavy atom. The van der Waals surface area contributed by atoms with E-state index in [0.717, 1.165) is 6.54 Å². The first-order valence-electron chi connectivity index (χ1n) is 4.67. The van der Waals surface area contributed by atoms with Crippen molar-refractivity contribution in [1.82, 2.24) is 9.55 Å². The van der Waals surface area contributed by atoms with Gasteiger partial charge in [-0.2, -0.15) is 0 Å². The molecular weight excluding hydrogens is 180 g/mol. The predicted molar refractivity (Wildman–Crippen MR) is 56.4 cm³/mol. The molecule has 14 heavy (non-hydrogen) atoms. The third kappa shape index (κ3) is 2.11. The van der Waals surface area contributed by atoms with Gasteiger partial charge in [-0.05, 0) is 6.92 Å². The lowest BCUT2D eigenvalue weighted by Crippen LogP contribution is -2.35. The number of nitrogens with two attached hydrogens (primary N) is 1. The molecule has 2 N–H and O–H groups in total. The van der Waals surface area contributed by atoms with Crippen LogP contribution < -0.4 is 16.2 Å². The topological polar surface area (TPSA) is 64.2 Å². The summed E-state index contributed by atoms with van der Waals surface area (Å²) < 4.78 is 1.52. The summed E-state index contributed by atoms with van der Waals surface area (Å²) in [6.07, 6.45) is 3.26. The average molecular weight is 196 g/mol. The van der Waals surface area contributed by atoms with Crippen LogP contribution in [-0.2, 0) is 7.05 Å². The van der Waals surface area contributed by atoms with Crippen molar-refractivity contribution in [2.24, 2.45) is 12.8 Å². The van der Waals surface area contributed by atoms with Gasteiger partial charge in [0.1, 0.15) is 0 Å². The first kappa shape index (κ1) is 10.7. The van der Waals surface area contributed by atoms with E-state index in [1.54, 1.807) is 19.4 Å². The van der Waals surface area contributed by atoms with Crippen LogP contribution in [0.3, 0.4) is 0 Å². The molecule has 1 aromatic rings. The molecule has 78 valence electrons. The molecule has 0 saturated heterocycles. The largest absolute Gasteiger partial charge is 0.351 e. The maximum atomic E-state index is 11.7. The molecule has 0 saturated carbocycles. The Bertz CT molecular complexity index is 347. The van der Waals surface area contributed by atoms with Crippen molar-refractivity contribution in [1.29, 1.82) is 0 Å². The van der Waals surface area contributed by atoms with E-state index < -0.39 is 0 Å². The van der Waals surface area contributed by atoms with Gasteiger partial charge in [-0.3, -0.25) is 4.79 Å². The van der Waals surface area contributed by atoms with Gasteiger partial charge in [-0.25, -0.2) is 4.98 Å². The minimum absolute atomic E-state index is 0.0807. The van der Waals surface area contributed by atoms with E-state index in [0.29, 0.717) is 18.9 Å². The van der Waals surface area contributed by atoms with Gasteiger partial charge in [-0.15, -0.1) is 0 Å². The molecule has 0 unspecified atom stereocenters. The summed E-state index contributed by atoms with van der Waals surface area (Å²) in [7, 11) is 1.71. The van der Waals surface area contributed by atoms with E-state index in [4.69, 9.17) is 5.73 Å². The van der Waals surface area contributed by atoms with E-state index >= 15 is 0 Å². The summed E-state index contributed by atoms with van der Waals surface area (Å²) >= 11 is 0. The third-order valence-electron chi connectivity index (χ3n) is 2.08. The highest BCUT2D eigenvalue weighted by molar-refractivity contribution is 5.35. The molecule has 0 radical (unpaired) electrons. The summed E-state index contributed by atoms with van der Waals surface area (Å²) in [6, 6.07) is 0. The van der Waals surface area contributed by atoms with E-state index in [1.165, 1.54) is 4.57 Å². The van der Waals surface area contributed by atoms with Crippen LogP contribution in [0.1, 0.15) is 6.92 Å². The second kappa shape index (κ2) is 4.76. The minimum atomic E-state index is -0.0807. The van der Waals surface area contributed by atoms with Crippen molar-refractivity contribution in [3.8, 4) is 0 Å². The Labute approximate surface area is 83.2 Å². The third-order valence-corrected chi connectivity index (χ3v) is 2.08. The molecule has 0 aromatic carbocycles. The standard InChI is InChI=1S/C9H16N4O/c1-3-13(6-4-10)8-9(14)12(2)7-5-11-8/h5,7H,3-4,6,10H2,1-2H3. The van der Waals surface area contributed by atoms with Gasteiger partial charge in [0.2, 0.25) is 0 Å². The van der Waals surface area contributed by atoms with E-state index in [1.807, 2.05) is 11.8 Å². The van der Waals surface area contributed by atoms with Gasteiger partial charge < -0.3 is 15.2 Å². The molecule has 0 aliphatic heterocycles. The molecule has 0 atom stereocenters. The molecule has 0 amide bonds. The van der Waals surface area contributed by atoms with Crippen molar-refractivity contribution in [2.75, 3.05) is 24.5 Å². The number of nitrogens with zero attached hydrogens (tertiary/aromatic N) is 3. The SMILES string of the molecule is CCN(CCN)c1nccn(C)c1=O. The maximum Gasteiger partial charge on any atom is 0.293 e. The first-order valence-corrected chi connectivity index (χ1v) is 4.67. The fourth-order valence-corrected chi connectivity index (χ4v) is 1.27. The summed E-state index contributed by atoms with van der Waals surface area (Å²) in [6.45, 7) is 3.89. The molecule has 0 spiro atoms. The van der Waals surface area contributed by atoms with Gasteiger partial charge >= 0.3 is 0 Å². The highest BCUT2D eigenvalue weighted by atomic mass is 16.1. The lowest BCUT2D eigenvalue weighted by molar-refractivity contribution is 0.762. The fraction of sp³-hybridized carbons (Fsp3) is 0.556. The number of aromatic nitrogens is 2. The Balaban J connectivity index is 3.04. The number of anilines is 1. The van der Waals surface area contributed by atoms with Gasteiger partial charge in [0.25, 0.3) is 5.56 Å². The van der Waals surface area contributed by atoms with Crippen molar-refractivity contribution in [3.63, 3.8) is 0 Å². The molecule has 0 aliphatic carbocycles. The van der Waals surface area contributed by atoms with Crippen LogP contribution in [0.5, 0.6) is 0 Å². The van der Waals surface area contributed by atoms with Crippen LogP contribution in [0.25, 0.3) is 0 Å². The minimum Gasteiger partial charge on any atom is -0.351 e. The summed E-state index contributed by atoms with van der Waals surface area (Å²) in [5.74, 6) is 0.475. The van der Waals surface area contributed by atoms with Crippen LogP contribution in [0.15, 0.2) is 17.2 Å². The molecule has 1 rings (SSSR count). The van der Waals surface area contributed by atoms with Crippen LogP contribution in [-0.4, -0.2) is 29.2 Å². The van der Waals surface area contributed by atoms with E-state index in [-0.39, 0.29) is 5.56 Å². The van der Waals surface area contributed by atoms with Gasteiger partial charge in [-0.1, -0.05) is 0 Å². The number of hydrogen-bond donors (Lipinski definition) is 1. The second-order valence-electron chi connectivity index (χ2n) is 3.04. The number of aryl methyl sites for hydroxylation is 1. The van der Waals surface area contributed by atoms with Crippen LogP contribution >= 0.6 is 0 Å². The Morgan fingerprint density at radius 3 is 2.93 bits per heavy atom. The fourth-order valence-electron chi connectivity index (χ4n) is 1.27. The Kier molecular flexibility index (Phi) is 3.64. The molecule has 1 aromatic heterocycles. The van der Waals surface area contributed by atoms with Crippen LogP contribution in [0.2, 0.25) is 0 Å². The van der Waals surface area contributed by atoms with Crippen molar-refractivity contribution >= 4 is 5.82 Å². The van der Waals surface area contributed by atoms with Crippen molar-refractivity contribution in [3.05, 3.63) is 22.7 Å². The van der Waals surface area contributed by atoms with Crippen LogP contribution in [0.4, 0.5) is 5.82 Å². The number of hydrogen-bond acceptors (Lipinski definition) is 4. The Hall–Kier alpha value is -1.36. The average Bonchev–Trinajstić information content (AvgIpc) is 2.19. The maximum absolute atomic E-state index is 11.7. The summed E-state index contributed by atoms with van der Waals surface area (Å²) in [5, 5.41) is 0. The zero-order valence-electron chi connectivity index (χ0n) is 8.60. The van der Waals surface area contributed by atoms with Crippen molar-refractivity contribution < 1.29 is 0 Å². The molecule has 0 fully saturated rings. The highest BCUT2D eigenvalue weighted by Gasteiger charge is 2.09. The van der Waals surface area contributed by atoms with Crippen molar-refractivity contribution in [2.45, 2.75) is 6.92 Å². The quantitative estimate of drug-likeness (QED) is 0.709. The number of likely N-dealkylation sites (N-methyl/N-ethyl adjacent to an activating group) is 1. The van der Waals surface area contributed by atoms with Crippen LogP contribution in [0, 0.1) is 0 Å². The van der Waals surface area contributed by atoms with Gasteiger partial charge in [0.05, 0.1) is 0 Å². The zero-order valence-corrected chi connectivity index (χ0v) is 8.60. The molecule has 0 bridgehead atoms. The highest BCUT2D eigenvalue weighted by Crippen LogP contribution is 2.00. The smallest absolute Gasteiger partial charge is 0.293 e.